The number of halogens is 1. The molecule has 1 unspecified atom stereocenters. The fourth-order valence-corrected chi connectivity index (χ4v) is 3.62. The SMILES string of the molecule is COc1cc(C2CC(=O)Nc3c2cnn3-c2cccc(Cl)c2)cc(OC)c1O. The zero-order chi connectivity index (χ0) is 19.8. The van der Waals surface area contributed by atoms with Crippen LogP contribution in [-0.4, -0.2) is 35.0 Å². The number of rotatable bonds is 4. The van der Waals surface area contributed by atoms with Crippen molar-refractivity contribution < 1.29 is 19.4 Å². The van der Waals surface area contributed by atoms with E-state index in [2.05, 4.69) is 10.4 Å². The maximum Gasteiger partial charge on any atom is 0.226 e. The largest absolute Gasteiger partial charge is 0.502 e. The van der Waals surface area contributed by atoms with Gasteiger partial charge in [-0.2, -0.15) is 5.10 Å². The first-order chi connectivity index (χ1) is 13.5. The van der Waals surface area contributed by atoms with E-state index >= 15 is 0 Å². The fraction of sp³-hybridized carbons (Fsp3) is 0.200. The molecule has 0 saturated carbocycles. The first kappa shape index (κ1) is 18.2. The van der Waals surface area contributed by atoms with Crippen molar-refractivity contribution in [1.82, 2.24) is 9.78 Å². The Bertz CT molecular complexity index is 1040. The van der Waals surface area contributed by atoms with Gasteiger partial charge >= 0.3 is 0 Å². The van der Waals surface area contributed by atoms with Crippen molar-refractivity contribution in [2.45, 2.75) is 12.3 Å². The normalized spacial score (nSPS) is 15.7. The van der Waals surface area contributed by atoms with E-state index in [4.69, 9.17) is 21.1 Å². The van der Waals surface area contributed by atoms with Gasteiger partial charge in [-0.25, -0.2) is 4.68 Å². The number of nitrogens with zero attached hydrogens (tertiary/aromatic N) is 2. The number of fused-ring (bicyclic) bond motifs is 1. The number of ether oxygens (including phenoxy) is 2. The van der Waals surface area contributed by atoms with E-state index in [1.165, 1.54) is 14.2 Å². The van der Waals surface area contributed by atoms with Crippen LogP contribution in [0.4, 0.5) is 5.82 Å². The summed E-state index contributed by atoms with van der Waals surface area (Å²) in [7, 11) is 2.93. The zero-order valence-electron chi connectivity index (χ0n) is 15.3. The van der Waals surface area contributed by atoms with Crippen LogP contribution < -0.4 is 14.8 Å². The quantitative estimate of drug-likeness (QED) is 0.698. The Morgan fingerprint density at radius 3 is 2.57 bits per heavy atom. The standard InChI is InChI=1S/C20H18ClN3O4/c1-27-16-6-11(7-17(28-2)19(16)26)14-9-18(25)23-20-15(14)10-22-24(20)13-5-3-4-12(21)8-13/h3-8,10,14,26H,9H2,1-2H3,(H,23,25). The van der Waals surface area contributed by atoms with E-state index in [0.717, 1.165) is 16.8 Å². The van der Waals surface area contributed by atoms with E-state index in [1.807, 2.05) is 12.1 Å². The van der Waals surface area contributed by atoms with Gasteiger partial charge in [0.1, 0.15) is 5.82 Å². The molecule has 1 amide bonds. The summed E-state index contributed by atoms with van der Waals surface area (Å²) in [6, 6.07) is 10.7. The lowest BCUT2D eigenvalue weighted by atomic mass is 9.87. The third kappa shape index (κ3) is 3.03. The highest BCUT2D eigenvalue weighted by Gasteiger charge is 2.31. The van der Waals surface area contributed by atoms with Gasteiger partial charge in [0.2, 0.25) is 11.7 Å². The number of anilines is 1. The number of benzene rings is 2. The first-order valence-corrected chi connectivity index (χ1v) is 8.98. The molecule has 8 heteroatoms. The van der Waals surface area contributed by atoms with E-state index < -0.39 is 0 Å². The summed E-state index contributed by atoms with van der Waals surface area (Å²) in [6.45, 7) is 0. The van der Waals surface area contributed by atoms with E-state index in [-0.39, 0.29) is 35.5 Å². The maximum atomic E-state index is 12.4. The van der Waals surface area contributed by atoms with Gasteiger partial charge in [0.25, 0.3) is 0 Å². The first-order valence-electron chi connectivity index (χ1n) is 8.60. The number of aromatic hydroxyl groups is 1. The smallest absolute Gasteiger partial charge is 0.226 e. The molecule has 0 saturated heterocycles. The molecule has 1 aliphatic heterocycles. The van der Waals surface area contributed by atoms with E-state index in [0.29, 0.717) is 10.8 Å². The third-order valence-corrected chi connectivity index (χ3v) is 5.01. The molecule has 144 valence electrons. The fourth-order valence-electron chi connectivity index (χ4n) is 3.44. The number of aromatic nitrogens is 2. The molecule has 0 fully saturated rings. The average Bonchev–Trinajstić information content (AvgIpc) is 3.11. The van der Waals surface area contributed by atoms with Crippen LogP contribution in [0.3, 0.4) is 0 Å². The topological polar surface area (TPSA) is 85.6 Å². The summed E-state index contributed by atoms with van der Waals surface area (Å²) in [5.74, 6) is 0.680. The molecule has 1 atom stereocenters. The highest BCUT2D eigenvalue weighted by atomic mass is 35.5. The van der Waals surface area contributed by atoms with Gasteiger partial charge in [-0.15, -0.1) is 0 Å². The van der Waals surface area contributed by atoms with Crippen LogP contribution in [0.2, 0.25) is 5.02 Å². The van der Waals surface area contributed by atoms with Crippen LogP contribution in [0.25, 0.3) is 5.69 Å². The van der Waals surface area contributed by atoms with Crippen molar-refractivity contribution >= 4 is 23.3 Å². The van der Waals surface area contributed by atoms with Crippen LogP contribution in [0.1, 0.15) is 23.5 Å². The molecule has 28 heavy (non-hydrogen) atoms. The van der Waals surface area contributed by atoms with Crippen molar-refractivity contribution in [1.29, 1.82) is 0 Å². The van der Waals surface area contributed by atoms with Crippen molar-refractivity contribution in [2.24, 2.45) is 0 Å². The second-order valence-electron chi connectivity index (χ2n) is 6.42. The van der Waals surface area contributed by atoms with Crippen molar-refractivity contribution in [3.8, 4) is 22.9 Å². The lowest BCUT2D eigenvalue weighted by Gasteiger charge is -2.24. The van der Waals surface area contributed by atoms with Gasteiger partial charge in [-0.1, -0.05) is 17.7 Å². The molecule has 2 N–H and O–H groups in total. The number of hydrogen-bond acceptors (Lipinski definition) is 5. The Morgan fingerprint density at radius 1 is 1.21 bits per heavy atom. The Labute approximate surface area is 166 Å². The second kappa shape index (κ2) is 7.09. The number of carbonyl (C=O) groups is 1. The zero-order valence-corrected chi connectivity index (χ0v) is 16.0. The number of hydrogen-bond donors (Lipinski definition) is 2. The molecule has 2 aromatic carbocycles. The van der Waals surface area contributed by atoms with Crippen molar-refractivity contribution in [2.75, 3.05) is 19.5 Å². The lowest BCUT2D eigenvalue weighted by Crippen LogP contribution is -2.24. The van der Waals surface area contributed by atoms with E-state index in [9.17, 15) is 9.90 Å². The number of amides is 1. The minimum absolute atomic E-state index is 0.0798. The minimum Gasteiger partial charge on any atom is -0.502 e. The van der Waals surface area contributed by atoms with Gasteiger partial charge in [-0.3, -0.25) is 4.79 Å². The van der Waals surface area contributed by atoms with Crippen LogP contribution >= 0.6 is 11.6 Å². The van der Waals surface area contributed by atoms with Gasteiger partial charge in [0.15, 0.2) is 11.5 Å². The molecule has 1 aliphatic rings. The summed E-state index contributed by atoms with van der Waals surface area (Å²) in [4.78, 5) is 12.4. The molecule has 2 heterocycles. The second-order valence-corrected chi connectivity index (χ2v) is 6.86. The van der Waals surface area contributed by atoms with Gasteiger partial charge in [0.05, 0.1) is 26.1 Å². The highest BCUT2D eigenvalue weighted by Crippen LogP contribution is 2.44. The monoisotopic (exact) mass is 399 g/mol. The molecule has 4 rings (SSSR count). The Balaban J connectivity index is 1.84. The Kier molecular flexibility index (Phi) is 4.60. The summed E-state index contributed by atoms with van der Waals surface area (Å²) >= 11 is 6.10. The molecule has 7 nitrogen and oxygen atoms in total. The summed E-state index contributed by atoms with van der Waals surface area (Å²) < 4.78 is 12.2. The van der Waals surface area contributed by atoms with Crippen LogP contribution in [0.15, 0.2) is 42.6 Å². The van der Waals surface area contributed by atoms with Gasteiger partial charge in [-0.05, 0) is 35.9 Å². The van der Waals surface area contributed by atoms with Crippen LogP contribution in [0.5, 0.6) is 17.2 Å². The average molecular weight is 400 g/mol. The van der Waals surface area contributed by atoms with E-state index in [1.54, 1.807) is 35.1 Å². The van der Waals surface area contributed by atoms with Crippen molar-refractivity contribution in [3.05, 3.63) is 58.7 Å². The predicted octanol–water partition coefficient (Wildman–Crippen LogP) is 3.72. The van der Waals surface area contributed by atoms with Crippen molar-refractivity contribution in [3.63, 3.8) is 0 Å². The van der Waals surface area contributed by atoms with Crippen LogP contribution in [0, 0.1) is 0 Å². The highest BCUT2D eigenvalue weighted by molar-refractivity contribution is 6.30. The summed E-state index contributed by atoms with van der Waals surface area (Å²) in [6.07, 6.45) is 1.97. The minimum atomic E-state index is -0.264. The maximum absolute atomic E-state index is 12.4. The molecule has 0 spiro atoms. The molecule has 0 radical (unpaired) electrons. The predicted molar refractivity (Wildman–Crippen MR) is 105 cm³/mol. The van der Waals surface area contributed by atoms with Gasteiger partial charge < -0.3 is 19.9 Å². The molecule has 3 aromatic rings. The molecule has 1 aromatic heterocycles. The molecule has 0 aliphatic carbocycles. The summed E-state index contributed by atoms with van der Waals surface area (Å²) in [5, 5.41) is 18.1. The number of methoxy groups -OCH3 is 2. The summed E-state index contributed by atoms with van der Waals surface area (Å²) in [5.41, 5.74) is 2.39. The number of carbonyl (C=O) groups excluding carboxylic acids is 1. The lowest BCUT2D eigenvalue weighted by molar-refractivity contribution is -0.116. The Morgan fingerprint density at radius 2 is 1.93 bits per heavy atom. The molecular formula is C20H18ClN3O4. The number of phenolic OH excluding ortho intramolecular Hbond substituents is 1. The molecule has 0 bridgehead atoms. The van der Waals surface area contributed by atoms with Gasteiger partial charge in [0, 0.05) is 22.9 Å². The number of nitrogens with one attached hydrogen (secondary N) is 1. The third-order valence-electron chi connectivity index (χ3n) is 4.78. The molecular weight excluding hydrogens is 382 g/mol. The number of phenols is 1. The Hall–Kier alpha value is -3.19. The van der Waals surface area contributed by atoms with Crippen LogP contribution in [-0.2, 0) is 4.79 Å².